The topological polar surface area (TPSA) is 41.5 Å². The summed E-state index contributed by atoms with van der Waals surface area (Å²) in [6.07, 6.45) is 4.14. The highest BCUT2D eigenvalue weighted by atomic mass is 16.5. The van der Waals surface area contributed by atoms with E-state index in [1.54, 1.807) is 6.20 Å². The quantitative estimate of drug-likeness (QED) is 0.642. The summed E-state index contributed by atoms with van der Waals surface area (Å²) >= 11 is 0. The molecule has 5 nitrogen and oxygen atoms in total. The molecule has 0 aliphatic carbocycles. The largest absolute Gasteiger partial charge is 0.492 e. The zero-order valence-electron chi connectivity index (χ0n) is 15.8. The number of fused-ring (bicyclic) bond motifs is 1. The second kappa shape index (κ2) is 8.35. The van der Waals surface area contributed by atoms with Gasteiger partial charge in [-0.1, -0.05) is 30.3 Å². The van der Waals surface area contributed by atoms with Gasteiger partial charge in [-0.15, -0.1) is 5.10 Å². The van der Waals surface area contributed by atoms with Crippen molar-refractivity contribution in [3.8, 4) is 5.75 Å². The number of hydrogen-bond donors (Lipinski definition) is 0. The smallest absolute Gasteiger partial charge is 0.151 e. The van der Waals surface area contributed by atoms with Gasteiger partial charge in [-0.25, -0.2) is 0 Å². The first-order valence-corrected chi connectivity index (χ1v) is 9.64. The van der Waals surface area contributed by atoms with Crippen LogP contribution in [-0.4, -0.2) is 54.4 Å². The van der Waals surface area contributed by atoms with Crippen LogP contribution in [-0.2, 0) is 0 Å². The average Bonchev–Trinajstić information content (AvgIpc) is 3.16. The van der Waals surface area contributed by atoms with Crippen LogP contribution in [0, 0.1) is 0 Å². The molecule has 2 heterocycles. The molecule has 0 spiro atoms. The van der Waals surface area contributed by atoms with Crippen molar-refractivity contribution in [2.45, 2.75) is 18.9 Å². The number of nitrogens with zero attached hydrogens (tertiary/aromatic N) is 4. The van der Waals surface area contributed by atoms with Crippen LogP contribution >= 0.6 is 0 Å². The first-order chi connectivity index (χ1) is 13.3. The molecule has 27 heavy (non-hydrogen) atoms. The summed E-state index contributed by atoms with van der Waals surface area (Å²) in [7, 11) is 2.16. The average molecular weight is 362 g/mol. The molecule has 0 bridgehead atoms. The van der Waals surface area contributed by atoms with Gasteiger partial charge in [0.15, 0.2) is 5.82 Å². The first-order valence-electron chi connectivity index (χ1n) is 9.64. The Bertz CT molecular complexity index is 870. The van der Waals surface area contributed by atoms with Crippen LogP contribution in [0.5, 0.6) is 5.75 Å². The van der Waals surface area contributed by atoms with Crippen molar-refractivity contribution in [3.63, 3.8) is 0 Å². The lowest BCUT2D eigenvalue weighted by Crippen LogP contribution is -2.40. The molecule has 1 aromatic heterocycles. The van der Waals surface area contributed by atoms with E-state index in [1.807, 2.05) is 12.1 Å². The normalized spacial score (nSPS) is 17.0. The van der Waals surface area contributed by atoms with Crippen molar-refractivity contribution in [3.05, 3.63) is 60.8 Å². The predicted molar refractivity (Wildman–Crippen MR) is 109 cm³/mol. The third kappa shape index (κ3) is 4.37. The van der Waals surface area contributed by atoms with Gasteiger partial charge in [0.05, 0.1) is 0 Å². The van der Waals surface area contributed by atoms with Crippen LogP contribution in [0.1, 0.15) is 12.8 Å². The zero-order chi connectivity index (χ0) is 18.5. The highest BCUT2D eigenvalue weighted by molar-refractivity contribution is 5.83. The summed E-state index contributed by atoms with van der Waals surface area (Å²) in [6, 6.07) is 19.1. The Morgan fingerprint density at radius 1 is 1.11 bits per heavy atom. The van der Waals surface area contributed by atoms with Crippen LogP contribution in [0.15, 0.2) is 60.8 Å². The lowest BCUT2D eigenvalue weighted by atomic mass is 10.1. The molecule has 4 rings (SSSR count). The first kappa shape index (κ1) is 17.7. The van der Waals surface area contributed by atoms with Crippen LogP contribution in [0.4, 0.5) is 5.82 Å². The Labute approximate surface area is 160 Å². The molecule has 1 saturated heterocycles. The van der Waals surface area contributed by atoms with E-state index in [9.17, 15) is 0 Å². The van der Waals surface area contributed by atoms with Crippen LogP contribution in [0.2, 0.25) is 0 Å². The molecule has 5 heteroatoms. The summed E-state index contributed by atoms with van der Waals surface area (Å²) in [5.74, 6) is 1.92. The molecule has 3 aromatic rings. The number of hydrogen-bond acceptors (Lipinski definition) is 5. The van der Waals surface area contributed by atoms with E-state index in [-0.39, 0.29) is 0 Å². The maximum absolute atomic E-state index is 5.98. The van der Waals surface area contributed by atoms with Gasteiger partial charge in [-0.3, -0.25) is 0 Å². The van der Waals surface area contributed by atoms with Gasteiger partial charge in [0.2, 0.25) is 0 Å². The van der Waals surface area contributed by atoms with Crippen molar-refractivity contribution in [2.75, 3.05) is 38.2 Å². The lowest BCUT2D eigenvalue weighted by Gasteiger charge is -2.29. The summed E-state index contributed by atoms with van der Waals surface area (Å²) < 4.78 is 5.98. The molecular formula is C22H26N4O. The Hall–Kier alpha value is -2.66. The van der Waals surface area contributed by atoms with Crippen molar-refractivity contribution in [2.24, 2.45) is 0 Å². The van der Waals surface area contributed by atoms with Gasteiger partial charge >= 0.3 is 0 Å². The summed E-state index contributed by atoms with van der Waals surface area (Å²) in [6.45, 7) is 3.66. The maximum atomic E-state index is 5.98. The van der Waals surface area contributed by atoms with Crippen molar-refractivity contribution in [1.29, 1.82) is 0 Å². The number of likely N-dealkylation sites (N-methyl/N-ethyl adjacent to an activating group) is 1. The molecule has 1 unspecified atom stereocenters. The third-order valence-corrected chi connectivity index (χ3v) is 5.21. The van der Waals surface area contributed by atoms with Crippen LogP contribution in [0.3, 0.4) is 0 Å². The summed E-state index contributed by atoms with van der Waals surface area (Å²) in [5.41, 5.74) is 0. The standard InChI is InChI=1S/C22H26N4O/c1-25(17-20-8-5-13-26(20)22-9-4-12-23-24-22)14-15-27-21-11-10-18-6-2-3-7-19(18)16-21/h2-4,6-7,9-12,16,20H,5,8,13-15,17H2,1H3. The number of ether oxygens (including phenoxy) is 1. The monoisotopic (exact) mass is 362 g/mol. The van der Waals surface area contributed by atoms with Crippen molar-refractivity contribution in [1.82, 2.24) is 15.1 Å². The second-order valence-electron chi connectivity index (χ2n) is 7.19. The predicted octanol–water partition coefficient (Wildman–Crippen LogP) is 3.61. The SMILES string of the molecule is CN(CCOc1ccc2ccccc2c1)CC1CCCN1c1cccnn1. The fourth-order valence-corrected chi connectivity index (χ4v) is 3.80. The molecule has 1 aliphatic rings. The lowest BCUT2D eigenvalue weighted by molar-refractivity contribution is 0.229. The van der Waals surface area contributed by atoms with E-state index in [0.29, 0.717) is 12.6 Å². The number of rotatable bonds is 7. The molecule has 0 radical (unpaired) electrons. The minimum atomic E-state index is 0.493. The van der Waals surface area contributed by atoms with Crippen molar-refractivity contribution < 1.29 is 4.74 Å². The second-order valence-corrected chi connectivity index (χ2v) is 7.19. The maximum Gasteiger partial charge on any atom is 0.151 e. The van der Waals surface area contributed by atoms with Crippen LogP contribution in [0.25, 0.3) is 10.8 Å². The van der Waals surface area contributed by atoms with Gasteiger partial charge in [0, 0.05) is 31.9 Å². The minimum absolute atomic E-state index is 0.493. The van der Waals surface area contributed by atoms with Gasteiger partial charge in [-0.2, -0.15) is 5.10 Å². The van der Waals surface area contributed by atoms with E-state index in [4.69, 9.17) is 4.74 Å². The molecule has 0 N–H and O–H groups in total. The van der Waals surface area contributed by atoms with Crippen molar-refractivity contribution >= 4 is 16.6 Å². The summed E-state index contributed by atoms with van der Waals surface area (Å²) in [5, 5.41) is 10.8. The Balaban J connectivity index is 1.28. The molecule has 1 fully saturated rings. The van der Waals surface area contributed by atoms with Gasteiger partial charge in [0.25, 0.3) is 0 Å². The van der Waals surface area contributed by atoms with E-state index < -0.39 is 0 Å². The molecule has 140 valence electrons. The Morgan fingerprint density at radius 3 is 2.85 bits per heavy atom. The van der Waals surface area contributed by atoms with Gasteiger partial charge < -0.3 is 14.5 Å². The van der Waals surface area contributed by atoms with Gasteiger partial charge in [-0.05, 0) is 54.9 Å². The number of benzene rings is 2. The van der Waals surface area contributed by atoms with Crippen LogP contribution < -0.4 is 9.64 Å². The van der Waals surface area contributed by atoms with E-state index in [2.05, 4.69) is 69.5 Å². The highest BCUT2D eigenvalue weighted by Crippen LogP contribution is 2.24. The fourth-order valence-electron chi connectivity index (χ4n) is 3.80. The molecular weight excluding hydrogens is 336 g/mol. The Morgan fingerprint density at radius 2 is 2.00 bits per heavy atom. The third-order valence-electron chi connectivity index (χ3n) is 5.21. The minimum Gasteiger partial charge on any atom is -0.492 e. The van der Waals surface area contributed by atoms with E-state index in [0.717, 1.165) is 31.2 Å². The highest BCUT2D eigenvalue weighted by Gasteiger charge is 2.26. The number of anilines is 1. The number of aromatic nitrogens is 2. The van der Waals surface area contributed by atoms with E-state index >= 15 is 0 Å². The van der Waals surface area contributed by atoms with E-state index in [1.165, 1.54) is 23.6 Å². The molecule has 1 atom stereocenters. The summed E-state index contributed by atoms with van der Waals surface area (Å²) in [4.78, 5) is 4.73. The molecule has 0 saturated carbocycles. The Kier molecular flexibility index (Phi) is 5.49. The fraction of sp³-hybridized carbons (Fsp3) is 0.364. The van der Waals surface area contributed by atoms with Gasteiger partial charge in [0.1, 0.15) is 12.4 Å². The zero-order valence-corrected chi connectivity index (χ0v) is 15.8. The molecule has 1 aliphatic heterocycles. The molecule has 2 aromatic carbocycles. The molecule has 0 amide bonds.